The molecule has 0 fully saturated rings. The second-order valence-corrected chi connectivity index (χ2v) is 7.25. The molecule has 2 atom stereocenters. The molecule has 29 heavy (non-hydrogen) atoms. The summed E-state index contributed by atoms with van der Waals surface area (Å²) in [5.74, 6) is 0.389. The first-order chi connectivity index (χ1) is 14.0. The van der Waals surface area contributed by atoms with Crippen molar-refractivity contribution in [1.29, 1.82) is 0 Å². The number of aliphatic hydroxyl groups excluding tert-OH is 1. The number of ether oxygens (including phenoxy) is 1. The Bertz CT molecular complexity index is 1130. The zero-order chi connectivity index (χ0) is 20.5. The Balaban J connectivity index is 1.52. The van der Waals surface area contributed by atoms with E-state index in [0.717, 1.165) is 4.57 Å². The van der Waals surface area contributed by atoms with Crippen molar-refractivity contribution in [1.82, 2.24) is 19.3 Å². The third kappa shape index (κ3) is 3.89. The van der Waals surface area contributed by atoms with Crippen molar-refractivity contribution in [2.75, 3.05) is 7.11 Å². The number of hydrogen-bond donors (Lipinski definition) is 1. The van der Waals surface area contributed by atoms with Gasteiger partial charge in [-0.1, -0.05) is 28.9 Å². The summed E-state index contributed by atoms with van der Waals surface area (Å²) in [6, 6.07) is 8.20. The van der Waals surface area contributed by atoms with Crippen LogP contribution in [0.3, 0.4) is 0 Å². The van der Waals surface area contributed by atoms with Crippen LogP contribution in [-0.4, -0.2) is 31.5 Å². The highest BCUT2D eigenvalue weighted by Crippen LogP contribution is 2.25. The van der Waals surface area contributed by atoms with Crippen LogP contribution in [0.1, 0.15) is 41.6 Å². The van der Waals surface area contributed by atoms with Gasteiger partial charge in [0.1, 0.15) is 6.54 Å². The molecule has 0 unspecified atom stereocenters. The van der Waals surface area contributed by atoms with Gasteiger partial charge in [0.05, 0.1) is 17.9 Å². The Morgan fingerprint density at radius 3 is 2.83 bits per heavy atom. The van der Waals surface area contributed by atoms with Crippen LogP contribution in [0, 0.1) is 0 Å². The molecule has 0 spiro atoms. The number of methoxy groups -OCH3 is 1. The molecule has 1 aromatic carbocycles. The number of aliphatic hydroxyl groups is 1. The molecule has 152 valence electrons. The lowest BCUT2D eigenvalue weighted by atomic mass is 10.1. The molecule has 4 rings (SSSR count). The zero-order valence-corrected chi connectivity index (χ0v) is 16.4. The van der Waals surface area contributed by atoms with Gasteiger partial charge in [-0.3, -0.25) is 13.9 Å². The topological polar surface area (TPSA) is 112 Å². The Kier molecular flexibility index (Phi) is 5.35. The Labute approximate surface area is 170 Å². The molecule has 0 bridgehead atoms. The highest BCUT2D eigenvalue weighted by Gasteiger charge is 2.26. The summed E-state index contributed by atoms with van der Waals surface area (Å²) < 4.78 is 13.1. The number of nitrogens with zero attached hydrogens (tertiary/aromatic N) is 4. The van der Waals surface area contributed by atoms with Crippen LogP contribution in [0.25, 0.3) is 0 Å². The summed E-state index contributed by atoms with van der Waals surface area (Å²) in [6.07, 6.45) is -0.326. The Hall–Kier alpha value is -2.75. The van der Waals surface area contributed by atoms with E-state index in [9.17, 15) is 14.7 Å². The lowest BCUT2D eigenvalue weighted by molar-refractivity contribution is 0.104. The molecule has 1 N–H and O–H groups in total. The van der Waals surface area contributed by atoms with Crippen LogP contribution >= 0.6 is 11.6 Å². The van der Waals surface area contributed by atoms with Crippen LogP contribution in [0.5, 0.6) is 0 Å². The normalized spacial score (nSPS) is 16.7. The quantitative estimate of drug-likeness (QED) is 0.644. The van der Waals surface area contributed by atoms with Gasteiger partial charge >= 0.3 is 5.69 Å². The summed E-state index contributed by atoms with van der Waals surface area (Å²) >= 11 is 5.85. The molecule has 3 heterocycles. The van der Waals surface area contributed by atoms with E-state index in [1.54, 1.807) is 31.4 Å². The maximum absolute atomic E-state index is 12.7. The SMILES string of the molecule is CO[C@H]1CCn2c1cc(=O)n(Cc1nc(C[C@H](O)c3ccc(Cl)cc3)no1)c2=O. The summed E-state index contributed by atoms with van der Waals surface area (Å²) in [5, 5.41) is 14.7. The molecule has 3 aromatic rings. The predicted molar refractivity (Wildman–Crippen MR) is 103 cm³/mol. The molecule has 0 saturated carbocycles. The van der Waals surface area contributed by atoms with Gasteiger partial charge in [-0.05, 0) is 24.1 Å². The fourth-order valence-corrected chi connectivity index (χ4v) is 3.58. The van der Waals surface area contributed by atoms with E-state index < -0.39 is 17.4 Å². The number of rotatable bonds is 6. The number of aromatic nitrogens is 4. The summed E-state index contributed by atoms with van der Waals surface area (Å²) in [6.45, 7) is 0.342. The van der Waals surface area contributed by atoms with Gasteiger partial charge in [-0.25, -0.2) is 4.79 Å². The molecule has 1 aliphatic heterocycles. The van der Waals surface area contributed by atoms with E-state index in [2.05, 4.69) is 10.1 Å². The highest BCUT2D eigenvalue weighted by atomic mass is 35.5. The fraction of sp³-hybridized carbons (Fsp3) is 0.368. The molecule has 0 aliphatic carbocycles. The number of benzene rings is 1. The average molecular weight is 419 g/mol. The van der Waals surface area contributed by atoms with Crippen molar-refractivity contribution in [3.8, 4) is 0 Å². The van der Waals surface area contributed by atoms with E-state index in [1.165, 1.54) is 10.6 Å². The highest BCUT2D eigenvalue weighted by molar-refractivity contribution is 6.30. The van der Waals surface area contributed by atoms with Crippen LogP contribution in [-0.2, 0) is 24.2 Å². The predicted octanol–water partition coefficient (Wildman–Crippen LogP) is 1.46. The Morgan fingerprint density at radius 2 is 2.10 bits per heavy atom. The monoisotopic (exact) mass is 418 g/mol. The number of halogens is 1. The standard InChI is InChI=1S/C19H19ClN4O5/c1-28-15-6-7-23-13(15)8-18(26)24(19(23)27)10-17-21-16(22-29-17)9-14(25)11-2-4-12(20)5-3-11/h2-5,8,14-15,25H,6-7,9-10H2,1H3/t14-,15-/m0/s1. The fourth-order valence-electron chi connectivity index (χ4n) is 3.45. The van der Waals surface area contributed by atoms with Crippen LogP contribution < -0.4 is 11.2 Å². The molecule has 0 saturated heterocycles. The molecular formula is C19H19ClN4O5. The second kappa shape index (κ2) is 7.94. The molecule has 0 amide bonds. The molecule has 1 aliphatic rings. The first kappa shape index (κ1) is 19.6. The number of fused-ring (bicyclic) bond motifs is 1. The average Bonchev–Trinajstić information content (AvgIpc) is 3.32. The molecule has 0 radical (unpaired) electrons. The zero-order valence-electron chi connectivity index (χ0n) is 15.6. The first-order valence-corrected chi connectivity index (χ1v) is 9.46. The lowest BCUT2D eigenvalue weighted by Gasteiger charge is -2.10. The van der Waals surface area contributed by atoms with E-state index in [4.69, 9.17) is 20.9 Å². The largest absolute Gasteiger partial charge is 0.388 e. The third-order valence-electron chi connectivity index (χ3n) is 4.97. The van der Waals surface area contributed by atoms with Crippen molar-refractivity contribution in [2.24, 2.45) is 0 Å². The van der Waals surface area contributed by atoms with E-state index in [-0.39, 0.29) is 30.8 Å². The van der Waals surface area contributed by atoms with Gasteiger partial charge in [-0.2, -0.15) is 4.98 Å². The number of hydrogen-bond acceptors (Lipinski definition) is 7. The maximum atomic E-state index is 12.7. The minimum absolute atomic E-state index is 0.115. The molecule has 9 nitrogen and oxygen atoms in total. The van der Waals surface area contributed by atoms with Gasteiger partial charge in [0.2, 0.25) is 5.89 Å². The van der Waals surface area contributed by atoms with Crippen molar-refractivity contribution < 1.29 is 14.4 Å². The van der Waals surface area contributed by atoms with Crippen molar-refractivity contribution in [2.45, 2.75) is 38.1 Å². The van der Waals surface area contributed by atoms with Gasteiger partial charge in [0.15, 0.2) is 5.82 Å². The molecule has 2 aromatic heterocycles. The van der Waals surface area contributed by atoms with Crippen molar-refractivity contribution in [3.05, 3.63) is 79.2 Å². The van der Waals surface area contributed by atoms with E-state index in [1.807, 2.05) is 0 Å². The van der Waals surface area contributed by atoms with Crippen molar-refractivity contribution in [3.63, 3.8) is 0 Å². The van der Waals surface area contributed by atoms with Gasteiger partial charge < -0.3 is 14.4 Å². The molecular weight excluding hydrogens is 400 g/mol. The summed E-state index contributed by atoms with van der Waals surface area (Å²) in [5.41, 5.74) is 0.358. The second-order valence-electron chi connectivity index (χ2n) is 6.82. The third-order valence-corrected chi connectivity index (χ3v) is 5.23. The minimum atomic E-state index is -0.836. The van der Waals surface area contributed by atoms with Gasteiger partial charge in [0.25, 0.3) is 5.56 Å². The van der Waals surface area contributed by atoms with Gasteiger partial charge in [0, 0.05) is 31.2 Å². The van der Waals surface area contributed by atoms with E-state index >= 15 is 0 Å². The van der Waals surface area contributed by atoms with E-state index in [0.29, 0.717) is 29.2 Å². The van der Waals surface area contributed by atoms with Crippen LogP contribution in [0.2, 0.25) is 5.02 Å². The lowest BCUT2D eigenvalue weighted by Crippen LogP contribution is -2.40. The van der Waals surface area contributed by atoms with Gasteiger partial charge in [-0.15, -0.1) is 0 Å². The van der Waals surface area contributed by atoms with Crippen LogP contribution in [0.15, 0.2) is 44.4 Å². The smallest absolute Gasteiger partial charge is 0.331 e. The van der Waals surface area contributed by atoms with Crippen LogP contribution in [0.4, 0.5) is 0 Å². The summed E-state index contributed by atoms with van der Waals surface area (Å²) in [4.78, 5) is 29.3. The van der Waals surface area contributed by atoms with Crippen molar-refractivity contribution >= 4 is 11.6 Å². The summed E-state index contributed by atoms with van der Waals surface area (Å²) in [7, 11) is 1.55. The molecule has 10 heteroatoms. The maximum Gasteiger partial charge on any atom is 0.331 e. The first-order valence-electron chi connectivity index (χ1n) is 9.08. The Morgan fingerprint density at radius 1 is 1.34 bits per heavy atom. The minimum Gasteiger partial charge on any atom is -0.388 e.